The number of esters is 1. The van der Waals surface area contributed by atoms with E-state index in [4.69, 9.17) is 4.74 Å². The van der Waals surface area contributed by atoms with Gasteiger partial charge in [-0.1, -0.05) is 43.2 Å². The van der Waals surface area contributed by atoms with Crippen LogP contribution in [0.15, 0.2) is 29.7 Å². The van der Waals surface area contributed by atoms with E-state index in [2.05, 4.69) is 10.0 Å². The van der Waals surface area contributed by atoms with E-state index in [1.54, 1.807) is 12.1 Å². The summed E-state index contributed by atoms with van der Waals surface area (Å²) < 4.78 is 30.5. The molecule has 0 saturated heterocycles. The van der Waals surface area contributed by atoms with Crippen LogP contribution in [0.25, 0.3) is 6.08 Å². The first-order valence-corrected chi connectivity index (χ1v) is 9.96. The fraction of sp³-hybridized carbons (Fsp3) is 0.444. The monoisotopic (exact) mass is 382 g/mol. The summed E-state index contributed by atoms with van der Waals surface area (Å²) in [5.74, 6) is -1.24. The van der Waals surface area contributed by atoms with Crippen molar-refractivity contribution < 1.29 is 22.7 Å². The molecule has 0 spiro atoms. The molecule has 0 saturated carbocycles. The third kappa shape index (κ3) is 9.33. The zero-order valence-corrected chi connectivity index (χ0v) is 16.1. The molecule has 1 aromatic rings. The van der Waals surface area contributed by atoms with Crippen molar-refractivity contribution in [2.45, 2.75) is 39.7 Å². The van der Waals surface area contributed by atoms with Crippen LogP contribution in [-0.2, 0) is 24.3 Å². The molecule has 7 nitrogen and oxygen atoms in total. The highest BCUT2D eigenvalue weighted by Crippen LogP contribution is 2.06. The predicted molar refractivity (Wildman–Crippen MR) is 101 cm³/mol. The second-order valence-electron chi connectivity index (χ2n) is 6.00. The van der Waals surface area contributed by atoms with Crippen LogP contribution in [0.4, 0.5) is 0 Å². The summed E-state index contributed by atoms with van der Waals surface area (Å²) in [7, 11) is -3.78. The Labute approximate surface area is 154 Å². The minimum absolute atomic E-state index is 0.00313. The maximum atomic E-state index is 11.8. The van der Waals surface area contributed by atoms with Crippen LogP contribution < -0.4 is 10.0 Å². The van der Waals surface area contributed by atoms with Crippen molar-refractivity contribution in [3.05, 3.63) is 40.8 Å². The van der Waals surface area contributed by atoms with E-state index in [-0.39, 0.29) is 6.04 Å². The van der Waals surface area contributed by atoms with Gasteiger partial charge in [-0.2, -0.15) is 0 Å². The topological polar surface area (TPSA) is 102 Å². The van der Waals surface area contributed by atoms with Crippen molar-refractivity contribution in [2.75, 3.05) is 13.2 Å². The fourth-order valence-electron chi connectivity index (χ4n) is 2.07. The Morgan fingerprint density at radius 1 is 1.23 bits per heavy atom. The van der Waals surface area contributed by atoms with Gasteiger partial charge in [0, 0.05) is 11.4 Å². The number of amides is 1. The van der Waals surface area contributed by atoms with Gasteiger partial charge in [0.1, 0.15) is 6.54 Å². The van der Waals surface area contributed by atoms with Crippen LogP contribution in [0.1, 0.15) is 37.8 Å². The molecule has 0 bridgehead atoms. The van der Waals surface area contributed by atoms with E-state index < -0.39 is 35.1 Å². The third-order valence-corrected chi connectivity index (χ3v) is 4.47. The van der Waals surface area contributed by atoms with Crippen LogP contribution >= 0.6 is 0 Å². The number of carbonyl (C=O) groups is 2. The standard InChI is InChI=1S/C18H26N2O5S/c1-4-5-15(3)20-17(21)13-25-18(22)12-19-26(23,24)11-10-16-8-6-14(2)7-9-16/h6-11,15,19H,4-5,12-13H2,1-3H3,(H,20,21)/b11-10+/t15-/m1/s1. The number of hydrogen-bond donors (Lipinski definition) is 2. The SMILES string of the molecule is CCC[C@@H](C)NC(=O)COC(=O)CNS(=O)(=O)/C=C/c1ccc(C)cc1. The maximum Gasteiger partial charge on any atom is 0.321 e. The van der Waals surface area contributed by atoms with Gasteiger partial charge in [0.2, 0.25) is 10.0 Å². The number of carbonyl (C=O) groups excluding carboxylic acids is 2. The first-order chi connectivity index (χ1) is 12.2. The summed E-state index contributed by atoms with van der Waals surface area (Å²) in [5, 5.41) is 3.66. The number of sulfonamides is 1. The van der Waals surface area contributed by atoms with Crippen molar-refractivity contribution in [2.24, 2.45) is 0 Å². The summed E-state index contributed by atoms with van der Waals surface area (Å²) in [5.41, 5.74) is 1.79. The van der Waals surface area contributed by atoms with E-state index in [0.717, 1.165) is 29.4 Å². The molecule has 0 aromatic heterocycles. The molecule has 0 aliphatic carbocycles. The van der Waals surface area contributed by atoms with Gasteiger partial charge in [0.15, 0.2) is 6.61 Å². The summed E-state index contributed by atoms with van der Waals surface area (Å²) in [6, 6.07) is 7.30. The van der Waals surface area contributed by atoms with E-state index in [1.807, 2.05) is 32.9 Å². The van der Waals surface area contributed by atoms with Crippen LogP contribution in [0.5, 0.6) is 0 Å². The van der Waals surface area contributed by atoms with Crippen LogP contribution in [0.2, 0.25) is 0 Å². The lowest BCUT2D eigenvalue weighted by molar-refractivity contribution is -0.147. The van der Waals surface area contributed by atoms with Gasteiger partial charge < -0.3 is 10.1 Å². The molecule has 1 aromatic carbocycles. The molecule has 0 radical (unpaired) electrons. The van der Waals surface area contributed by atoms with E-state index in [1.165, 1.54) is 6.08 Å². The molecule has 0 fully saturated rings. The van der Waals surface area contributed by atoms with Crippen molar-refractivity contribution in [3.8, 4) is 0 Å². The molecular weight excluding hydrogens is 356 g/mol. The number of ether oxygens (including phenoxy) is 1. The summed E-state index contributed by atoms with van der Waals surface area (Å²) in [6.45, 7) is 4.81. The van der Waals surface area contributed by atoms with E-state index in [0.29, 0.717) is 0 Å². The molecule has 1 rings (SSSR count). The highest BCUT2D eigenvalue weighted by Gasteiger charge is 2.12. The highest BCUT2D eigenvalue weighted by molar-refractivity contribution is 7.92. The molecule has 0 heterocycles. The van der Waals surface area contributed by atoms with Gasteiger partial charge >= 0.3 is 5.97 Å². The average Bonchev–Trinajstić information content (AvgIpc) is 2.58. The number of hydrogen-bond acceptors (Lipinski definition) is 5. The zero-order valence-electron chi connectivity index (χ0n) is 15.3. The van der Waals surface area contributed by atoms with Crippen molar-refractivity contribution in [1.82, 2.24) is 10.0 Å². The molecule has 0 aliphatic rings. The van der Waals surface area contributed by atoms with E-state index >= 15 is 0 Å². The average molecular weight is 382 g/mol. The Morgan fingerprint density at radius 2 is 1.88 bits per heavy atom. The van der Waals surface area contributed by atoms with Gasteiger partial charge in [0.05, 0.1) is 0 Å². The lowest BCUT2D eigenvalue weighted by atomic mass is 10.2. The van der Waals surface area contributed by atoms with Crippen LogP contribution in [0, 0.1) is 6.92 Å². The Kier molecular flexibility index (Phi) is 9.01. The van der Waals surface area contributed by atoms with Gasteiger partial charge in [0.25, 0.3) is 5.91 Å². The van der Waals surface area contributed by atoms with Gasteiger partial charge in [-0.25, -0.2) is 13.1 Å². The molecule has 26 heavy (non-hydrogen) atoms. The summed E-state index contributed by atoms with van der Waals surface area (Å²) >= 11 is 0. The summed E-state index contributed by atoms with van der Waals surface area (Å²) in [6.07, 6.45) is 3.18. The van der Waals surface area contributed by atoms with Gasteiger partial charge in [-0.15, -0.1) is 0 Å². The molecule has 8 heteroatoms. The smallest absolute Gasteiger partial charge is 0.321 e. The Hall–Kier alpha value is -2.19. The molecule has 0 unspecified atom stereocenters. The lowest BCUT2D eigenvalue weighted by Gasteiger charge is -2.12. The fourth-order valence-corrected chi connectivity index (χ4v) is 2.82. The van der Waals surface area contributed by atoms with Gasteiger partial charge in [-0.05, 0) is 31.9 Å². The molecule has 144 valence electrons. The second-order valence-corrected chi connectivity index (χ2v) is 7.65. The van der Waals surface area contributed by atoms with Crippen molar-refractivity contribution >= 4 is 28.0 Å². The van der Waals surface area contributed by atoms with E-state index in [9.17, 15) is 18.0 Å². The maximum absolute atomic E-state index is 11.8. The minimum Gasteiger partial charge on any atom is -0.455 e. The quantitative estimate of drug-likeness (QED) is 0.600. The minimum atomic E-state index is -3.78. The Morgan fingerprint density at radius 3 is 2.50 bits per heavy atom. The molecule has 2 N–H and O–H groups in total. The highest BCUT2D eigenvalue weighted by atomic mass is 32.2. The second kappa shape index (κ2) is 10.7. The van der Waals surface area contributed by atoms with Crippen molar-refractivity contribution in [3.63, 3.8) is 0 Å². The first-order valence-electron chi connectivity index (χ1n) is 8.41. The number of nitrogens with one attached hydrogen (secondary N) is 2. The molecular formula is C18H26N2O5S. The Balaban J connectivity index is 2.38. The third-order valence-electron chi connectivity index (χ3n) is 3.43. The van der Waals surface area contributed by atoms with Crippen molar-refractivity contribution in [1.29, 1.82) is 0 Å². The summed E-state index contributed by atoms with van der Waals surface area (Å²) in [4.78, 5) is 23.1. The molecule has 1 amide bonds. The zero-order chi connectivity index (χ0) is 19.6. The molecule has 1 atom stereocenters. The number of aryl methyl sites for hydroxylation is 1. The number of benzene rings is 1. The predicted octanol–water partition coefficient (Wildman–Crippen LogP) is 1.73. The first kappa shape index (κ1) is 21.9. The van der Waals surface area contributed by atoms with Gasteiger partial charge in [-0.3, -0.25) is 9.59 Å². The van der Waals surface area contributed by atoms with Crippen LogP contribution in [0.3, 0.4) is 0 Å². The largest absolute Gasteiger partial charge is 0.455 e. The normalized spacial score (nSPS) is 12.7. The number of rotatable bonds is 10. The molecule has 0 aliphatic heterocycles. The Bertz CT molecular complexity index is 726. The lowest BCUT2D eigenvalue weighted by Crippen LogP contribution is -2.37. The van der Waals surface area contributed by atoms with Crippen LogP contribution in [-0.4, -0.2) is 39.5 Å².